The van der Waals surface area contributed by atoms with Crippen molar-refractivity contribution in [1.82, 2.24) is 10.3 Å². The van der Waals surface area contributed by atoms with Crippen LogP contribution in [0.4, 0.5) is 0 Å². The number of amides is 1. The third-order valence-corrected chi connectivity index (χ3v) is 5.66. The monoisotopic (exact) mass is 342 g/mol. The average Bonchev–Trinajstić information content (AvgIpc) is 3.06. The molecule has 1 amide bonds. The predicted molar refractivity (Wildman–Crippen MR) is 97.5 cm³/mol. The van der Waals surface area contributed by atoms with Crippen LogP contribution < -0.4 is 5.32 Å². The van der Waals surface area contributed by atoms with Gasteiger partial charge in [0.25, 0.3) is 0 Å². The van der Waals surface area contributed by atoms with Crippen molar-refractivity contribution < 1.29 is 9.21 Å². The second-order valence-corrected chi connectivity index (χ2v) is 7.53. The van der Waals surface area contributed by atoms with Gasteiger partial charge in [-0.05, 0) is 45.7 Å². The summed E-state index contributed by atoms with van der Waals surface area (Å²) in [7, 11) is 0. The number of benzene rings is 1. The summed E-state index contributed by atoms with van der Waals surface area (Å²) in [6.45, 7) is 10.1. The quantitative estimate of drug-likeness (QED) is 0.757. The Kier molecular flexibility index (Phi) is 4.45. The van der Waals surface area contributed by atoms with Crippen molar-refractivity contribution >= 4 is 28.2 Å². The summed E-state index contributed by atoms with van der Waals surface area (Å²) in [6, 6.07) is 4.07. The second kappa shape index (κ2) is 6.40. The third-order valence-electron chi connectivity index (χ3n) is 4.40. The number of hydrogen-bond acceptors (Lipinski definition) is 4. The van der Waals surface area contributed by atoms with E-state index in [9.17, 15) is 4.79 Å². The highest BCUT2D eigenvalue weighted by Gasteiger charge is 2.17. The Hall–Kier alpha value is -2.14. The van der Waals surface area contributed by atoms with E-state index in [0.29, 0.717) is 6.42 Å². The highest BCUT2D eigenvalue weighted by Crippen LogP contribution is 2.27. The smallest absolute Gasteiger partial charge is 0.225 e. The van der Waals surface area contributed by atoms with Crippen molar-refractivity contribution in [2.24, 2.45) is 0 Å². The summed E-state index contributed by atoms with van der Waals surface area (Å²) in [5, 5.41) is 5.11. The molecule has 3 aromatic rings. The summed E-state index contributed by atoms with van der Waals surface area (Å²) in [5.74, 6) is -0.00567. The van der Waals surface area contributed by atoms with Gasteiger partial charge in [-0.3, -0.25) is 4.79 Å². The lowest BCUT2D eigenvalue weighted by atomic mass is 10.0. The summed E-state index contributed by atoms with van der Waals surface area (Å²) in [4.78, 5) is 18.0. The molecule has 0 radical (unpaired) electrons. The molecule has 0 spiro atoms. The molecule has 0 aliphatic heterocycles. The molecule has 1 N–H and O–H groups in total. The van der Waals surface area contributed by atoms with Crippen LogP contribution in [-0.4, -0.2) is 10.9 Å². The maximum absolute atomic E-state index is 12.4. The Labute approximate surface area is 145 Å². The van der Waals surface area contributed by atoms with Gasteiger partial charge in [0, 0.05) is 15.8 Å². The van der Waals surface area contributed by atoms with E-state index in [0.717, 1.165) is 37.7 Å². The highest BCUT2D eigenvalue weighted by atomic mass is 32.1. The zero-order valence-corrected chi connectivity index (χ0v) is 15.5. The van der Waals surface area contributed by atoms with E-state index >= 15 is 0 Å². The van der Waals surface area contributed by atoms with Crippen LogP contribution in [0, 0.1) is 27.7 Å². The van der Waals surface area contributed by atoms with Crippen LogP contribution in [0.3, 0.4) is 0 Å². The molecule has 0 saturated heterocycles. The average molecular weight is 342 g/mol. The van der Waals surface area contributed by atoms with Crippen molar-refractivity contribution in [1.29, 1.82) is 0 Å². The maximum atomic E-state index is 12.4. The summed E-state index contributed by atoms with van der Waals surface area (Å²) >= 11 is 1.63. The van der Waals surface area contributed by atoms with Crippen LogP contribution in [0.1, 0.15) is 45.2 Å². The van der Waals surface area contributed by atoms with Crippen LogP contribution >= 0.6 is 11.3 Å². The van der Waals surface area contributed by atoms with Crippen molar-refractivity contribution in [3.8, 4) is 0 Å². The van der Waals surface area contributed by atoms with Crippen LogP contribution in [0.25, 0.3) is 11.0 Å². The zero-order valence-electron chi connectivity index (χ0n) is 14.7. The number of furan rings is 1. The minimum absolute atomic E-state index is 0.00567. The first-order valence-corrected chi connectivity index (χ1v) is 8.88. The predicted octanol–water partition coefficient (Wildman–Crippen LogP) is 4.54. The van der Waals surface area contributed by atoms with E-state index in [-0.39, 0.29) is 11.9 Å². The van der Waals surface area contributed by atoms with Crippen molar-refractivity contribution in [2.45, 2.75) is 47.1 Å². The molecular formula is C19H22N2O2S. The van der Waals surface area contributed by atoms with Gasteiger partial charge in [0.05, 0.1) is 29.4 Å². The van der Waals surface area contributed by atoms with Gasteiger partial charge in [0.2, 0.25) is 5.91 Å². The molecule has 2 heterocycles. The van der Waals surface area contributed by atoms with Crippen LogP contribution in [0.5, 0.6) is 0 Å². The molecule has 3 rings (SSSR count). The molecule has 2 aromatic heterocycles. The second-order valence-electron chi connectivity index (χ2n) is 6.29. The standard InChI is InChI=1S/C19H22N2O2S/c1-10-6-7-16-15(9-23-18(16)11(10)2)8-17(22)21-13(4)19-12(3)20-14(5)24-19/h6-7,9,13H,8H2,1-5H3,(H,21,22)/t13-/m0/s1. The topological polar surface area (TPSA) is 55.1 Å². The van der Waals surface area contributed by atoms with Gasteiger partial charge in [-0.25, -0.2) is 4.98 Å². The Balaban J connectivity index is 1.76. The summed E-state index contributed by atoms with van der Waals surface area (Å²) in [6.07, 6.45) is 2.01. The first kappa shape index (κ1) is 16.7. The lowest BCUT2D eigenvalue weighted by Gasteiger charge is -2.12. The lowest BCUT2D eigenvalue weighted by molar-refractivity contribution is -0.121. The molecule has 0 bridgehead atoms. The normalized spacial score (nSPS) is 12.5. The lowest BCUT2D eigenvalue weighted by Crippen LogP contribution is -2.27. The fraction of sp³-hybridized carbons (Fsp3) is 0.368. The molecule has 0 aliphatic carbocycles. The van der Waals surface area contributed by atoms with Gasteiger partial charge in [-0.15, -0.1) is 11.3 Å². The Morgan fingerprint density at radius 3 is 2.71 bits per heavy atom. The number of carbonyl (C=O) groups excluding carboxylic acids is 1. The van der Waals surface area contributed by atoms with Gasteiger partial charge >= 0.3 is 0 Å². The Morgan fingerprint density at radius 2 is 2.04 bits per heavy atom. The molecule has 5 heteroatoms. The highest BCUT2D eigenvalue weighted by molar-refractivity contribution is 7.11. The first-order chi connectivity index (χ1) is 11.4. The van der Waals surface area contributed by atoms with E-state index < -0.39 is 0 Å². The molecule has 24 heavy (non-hydrogen) atoms. The van der Waals surface area contributed by atoms with Crippen LogP contribution in [0.15, 0.2) is 22.8 Å². The number of fused-ring (bicyclic) bond motifs is 1. The number of carbonyl (C=O) groups is 1. The molecule has 0 unspecified atom stereocenters. The van der Waals surface area contributed by atoms with Gasteiger partial charge in [-0.2, -0.15) is 0 Å². The van der Waals surface area contributed by atoms with Gasteiger partial charge in [-0.1, -0.05) is 12.1 Å². The molecule has 1 aromatic carbocycles. The SMILES string of the molecule is Cc1nc(C)c([C@H](C)NC(=O)Cc2coc3c(C)c(C)ccc23)s1. The maximum Gasteiger partial charge on any atom is 0.225 e. The third kappa shape index (κ3) is 3.08. The van der Waals surface area contributed by atoms with Gasteiger partial charge in [0.15, 0.2) is 0 Å². The fourth-order valence-electron chi connectivity index (χ4n) is 3.01. The number of hydrogen-bond donors (Lipinski definition) is 1. The van der Waals surface area contributed by atoms with E-state index in [2.05, 4.69) is 23.3 Å². The fourth-order valence-corrected chi connectivity index (χ4v) is 3.93. The van der Waals surface area contributed by atoms with E-state index in [4.69, 9.17) is 4.42 Å². The number of rotatable bonds is 4. The van der Waals surface area contributed by atoms with E-state index in [1.54, 1.807) is 17.6 Å². The van der Waals surface area contributed by atoms with Crippen molar-refractivity contribution in [3.05, 3.63) is 50.7 Å². The van der Waals surface area contributed by atoms with Crippen LogP contribution in [0.2, 0.25) is 0 Å². The summed E-state index contributed by atoms with van der Waals surface area (Å²) in [5.41, 5.74) is 5.11. The molecule has 4 nitrogen and oxygen atoms in total. The van der Waals surface area contributed by atoms with E-state index in [1.807, 2.05) is 33.8 Å². The molecule has 1 atom stereocenters. The number of aromatic nitrogens is 1. The number of aryl methyl sites for hydroxylation is 4. The van der Waals surface area contributed by atoms with E-state index in [1.165, 1.54) is 5.56 Å². The number of nitrogens with one attached hydrogen (secondary N) is 1. The van der Waals surface area contributed by atoms with Gasteiger partial charge in [0.1, 0.15) is 5.58 Å². The molecule has 126 valence electrons. The minimum Gasteiger partial charge on any atom is -0.464 e. The molecule has 0 aliphatic rings. The van der Waals surface area contributed by atoms with Crippen molar-refractivity contribution in [2.75, 3.05) is 0 Å². The molecule has 0 saturated carbocycles. The molecular weight excluding hydrogens is 320 g/mol. The molecule has 0 fully saturated rings. The zero-order chi connectivity index (χ0) is 17.4. The van der Waals surface area contributed by atoms with Gasteiger partial charge < -0.3 is 9.73 Å². The Bertz CT molecular complexity index is 908. The minimum atomic E-state index is -0.0363. The Morgan fingerprint density at radius 1 is 1.29 bits per heavy atom. The van der Waals surface area contributed by atoms with Crippen molar-refractivity contribution in [3.63, 3.8) is 0 Å². The van der Waals surface area contributed by atoms with Crippen LogP contribution in [-0.2, 0) is 11.2 Å². The largest absolute Gasteiger partial charge is 0.464 e. The number of nitrogens with zero attached hydrogens (tertiary/aromatic N) is 1. The first-order valence-electron chi connectivity index (χ1n) is 8.06. The summed E-state index contributed by atoms with van der Waals surface area (Å²) < 4.78 is 5.69. The number of thiazole rings is 1.